The fourth-order valence-corrected chi connectivity index (χ4v) is 3.50. The molecule has 0 saturated heterocycles. The molecule has 0 spiro atoms. The molecule has 3 rings (SSSR count). The van der Waals surface area contributed by atoms with Gasteiger partial charge in [-0.2, -0.15) is 0 Å². The van der Waals surface area contributed by atoms with E-state index in [1.165, 1.54) is 0 Å². The highest BCUT2D eigenvalue weighted by atomic mass is 35.5. The molecule has 8 heteroatoms. The van der Waals surface area contributed by atoms with Crippen molar-refractivity contribution < 1.29 is 4.79 Å². The first-order valence-corrected chi connectivity index (χ1v) is 8.63. The summed E-state index contributed by atoms with van der Waals surface area (Å²) in [6, 6.07) is 1.96. The van der Waals surface area contributed by atoms with Crippen LogP contribution in [0.5, 0.6) is 0 Å². The number of carbonyl (C=O) groups is 1. The highest BCUT2D eigenvalue weighted by Crippen LogP contribution is 2.32. The Hall–Kier alpha value is -1.70. The molecule has 0 bridgehead atoms. The van der Waals surface area contributed by atoms with E-state index in [4.69, 9.17) is 5.73 Å². The molecule has 0 aliphatic carbocycles. The second-order valence-corrected chi connectivity index (χ2v) is 6.81. The van der Waals surface area contributed by atoms with Crippen LogP contribution in [0.2, 0.25) is 0 Å². The molecule has 0 unspecified atom stereocenters. The van der Waals surface area contributed by atoms with Gasteiger partial charge < -0.3 is 20.9 Å². The van der Waals surface area contributed by atoms with Gasteiger partial charge in [0.05, 0.1) is 10.6 Å². The molecular weight excluding hydrogens is 346 g/mol. The van der Waals surface area contributed by atoms with E-state index in [0.29, 0.717) is 6.54 Å². The first kappa shape index (κ1) is 18.6. The van der Waals surface area contributed by atoms with Gasteiger partial charge in [-0.3, -0.25) is 4.79 Å². The number of aryl methyl sites for hydroxylation is 1. The minimum absolute atomic E-state index is 0. The molecule has 6 nitrogen and oxygen atoms in total. The minimum Gasteiger partial charge on any atom is -0.348 e. The SMILES string of the molecule is Cc1c[nH]c2nccc(N3C=C(C(=O)N[C@@H](C)CN)SCC3)c12.Cl. The van der Waals surface area contributed by atoms with Crippen LogP contribution in [0.3, 0.4) is 0 Å². The zero-order chi connectivity index (χ0) is 16.4. The Morgan fingerprint density at radius 3 is 3.12 bits per heavy atom. The zero-order valence-corrected chi connectivity index (χ0v) is 15.3. The second kappa shape index (κ2) is 7.92. The van der Waals surface area contributed by atoms with Crippen LogP contribution in [0, 0.1) is 6.92 Å². The van der Waals surface area contributed by atoms with E-state index >= 15 is 0 Å². The van der Waals surface area contributed by atoms with E-state index in [1.807, 2.05) is 25.4 Å². The third kappa shape index (κ3) is 3.68. The van der Waals surface area contributed by atoms with E-state index in [-0.39, 0.29) is 24.4 Å². The Balaban J connectivity index is 0.00000208. The van der Waals surface area contributed by atoms with Crippen LogP contribution in [0.1, 0.15) is 12.5 Å². The number of rotatable bonds is 4. The maximum absolute atomic E-state index is 12.3. The number of hydrogen-bond donors (Lipinski definition) is 3. The van der Waals surface area contributed by atoms with Crippen molar-refractivity contribution >= 4 is 46.8 Å². The number of carbonyl (C=O) groups excluding carboxylic acids is 1. The topological polar surface area (TPSA) is 87.0 Å². The molecule has 24 heavy (non-hydrogen) atoms. The third-order valence-electron chi connectivity index (χ3n) is 3.88. The second-order valence-electron chi connectivity index (χ2n) is 5.67. The Morgan fingerprint density at radius 2 is 2.38 bits per heavy atom. The number of H-pyrrole nitrogens is 1. The van der Waals surface area contributed by atoms with Crippen molar-refractivity contribution in [2.45, 2.75) is 19.9 Å². The van der Waals surface area contributed by atoms with Gasteiger partial charge in [-0.15, -0.1) is 24.2 Å². The largest absolute Gasteiger partial charge is 0.348 e. The molecule has 2 aromatic heterocycles. The molecule has 1 atom stereocenters. The average molecular weight is 368 g/mol. The zero-order valence-electron chi connectivity index (χ0n) is 13.7. The summed E-state index contributed by atoms with van der Waals surface area (Å²) in [5, 5.41) is 4.02. The predicted molar refractivity (Wildman–Crippen MR) is 103 cm³/mol. The van der Waals surface area contributed by atoms with Crippen LogP contribution >= 0.6 is 24.2 Å². The predicted octanol–water partition coefficient (Wildman–Crippen LogP) is 2.15. The Labute approximate surface area is 151 Å². The van der Waals surface area contributed by atoms with Gasteiger partial charge >= 0.3 is 0 Å². The molecule has 3 heterocycles. The lowest BCUT2D eigenvalue weighted by Crippen LogP contribution is -2.39. The average Bonchev–Trinajstić information content (AvgIpc) is 2.96. The molecule has 1 aliphatic rings. The Morgan fingerprint density at radius 1 is 1.58 bits per heavy atom. The van der Waals surface area contributed by atoms with Crippen LogP contribution in [0.4, 0.5) is 5.69 Å². The number of anilines is 1. The summed E-state index contributed by atoms with van der Waals surface area (Å²) >= 11 is 1.58. The maximum Gasteiger partial charge on any atom is 0.259 e. The fourth-order valence-electron chi connectivity index (χ4n) is 2.60. The van der Waals surface area contributed by atoms with Crippen LogP contribution in [-0.2, 0) is 4.79 Å². The maximum atomic E-state index is 12.3. The molecule has 2 aromatic rings. The van der Waals surface area contributed by atoms with E-state index in [1.54, 1.807) is 18.0 Å². The summed E-state index contributed by atoms with van der Waals surface area (Å²) in [5.41, 5.74) is 8.67. The van der Waals surface area contributed by atoms with E-state index < -0.39 is 0 Å². The number of halogens is 1. The fraction of sp³-hybridized carbons (Fsp3) is 0.375. The van der Waals surface area contributed by atoms with E-state index in [2.05, 4.69) is 27.1 Å². The number of pyridine rings is 1. The monoisotopic (exact) mass is 367 g/mol. The lowest BCUT2D eigenvalue weighted by molar-refractivity contribution is -0.117. The molecule has 4 N–H and O–H groups in total. The van der Waals surface area contributed by atoms with Crippen molar-refractivity contribution in [1.82, 2.24) is 15.3 Å². The van der Waals surface area contributed by atoms with E-state index in [9.17, 15) is 4.79 Å². The lowest BCUT2D eigenvalue weighted by atomic mass is 10.2. The molecule has 0 saturated carbocycles. The van der Waals surface area contributed by atoms with Crippen molar-refractivity contribution in [3.05, 3.63) is 35.1 Å². The first-order chi connectivity index (χ1) is 11.1. The summed E-state index contributed by atoms with van der Waals surface area (Å²) in [5.74, 6) is 0.803. The number of aromatic amines is 1. The Kier molecular flexibility index (Phi) is 6.15. The minimum atomic E-state index is -0.0614. The van der Waals surface area contributed by atoms with Gasteiger partial charge in [0.25, 0.3) is 5.91 Å². The summed E-state index contributed by atoms with van der Waals surface area (Å²) in [4.78, 5) is 22.7. The van der Waals surface area contributed by atoms with E-state index in [0.717, 1.165) is 39.5 Å². The van der Waals surface area contributed by atoms with Crippen molar-refractivity contribution in [3.63, 3.8) is 0 Å². The van der Waals surface area contributed by atoms with Crippen LogP contribution in [0.25, 0.3) is 11.0 Å². The molecule has 130 valence electrons. The summed E-state index contributed by atoms with van der Waals surface area (Å²) < 4.78 is 0. The van der Waals surface area contributed by atoms with Gasteiger partial charge in [0.2, 0.25) is 0 Å². The van der Waals surface area contributed by atoms with Crippen LogP contribution in [0.15, 0.2) is 29.6 Å². The Bertz CT molecular complexity index is 760. The number of thioether (sulfide) groups is 1. The molecule has 1 amide bonds. The molecule has 0 radical (unpaired) electrons. The van der Waals surface area contributed by atoms with Crippen molar-refractivity contribution in [2.24, 2.45) is 5.73 Å². The normalized spacial score (nSPS) is 15.6. The van der Waals surface area contributed by atoms with Crippen LogP contribution < -0.4 is 16.0 Å². The van der Waals surface area contributed by atoms with Crippen molar-refractivity contribution in [1.29, 1.82) is 0 Å². The number of nitrogens with one attached hydrogen (secondary N) is 2. The highest BCUT2D eigenvalue weighted by Gasteiger charge is 2.21. The first-order valence-electron chi connectivity index (χ1n) is 7.65. The number of amides is 1. The van der Waals surface area contributed by atoms with Gasteiger partial charge in [0.15, 0.2) is 0 Å². The summed E-state index contributed by atoms with van der Waals surface area (Å²) in [6.45, 7) is 5.25. The molecular formula is C16H22ClN5OS. The number of fused-ring (bicyclic) bond motifs is 1. The van der Waals surface area contributed by atoms with Crippen LogP contribution in [-0.4, -0.2) is 40.8 Å². The number of nitrogens with zero attached hydrogens (tertiary/aromatic N) is 2. The van der Waals surface area contributed by atoms with Gasteiger partial charge in [0, 0.05) is 48.9 Å². The summed E-state index contributed by atoms with van der Waals surface area (Å²) in [6.07, 6.45) is 5.67. The number of aromatic nitrogens is 2. The molecule has 1 aliphatic heterocycles. The van der Waals surface area contributed by atoms with Gasteiger partial charge in [0.1, 0.15) is 5.65 Å². The number of nitrogens with two attached hydrogens (primary N) is 1. The quantitative estimate of drug-likeness (QED) is 0.770. The third-order valence-corrected chi connectivity index (χ3v) is 4.86. The van der Waals surface area contributed by atoms with Gasteiger partial charge in [-0.05, 0) is 25.5 Å². The van der Waals surface area contributed by atoms with Crippen molar-refractivity contribution in [3.8, 4) is 0 Å². The van der Waals surface area contributed by atoms with Gasteiger partial charge in [-0.25, -0.2) is 4.98 Å². The van der Waals surface area contributed by atoms with Gasteiger partial charge in [-0.1, -0.05) is 0 Å². The summed E-state index contributed by atoms with van der Waals surface area (Å²) in [7, 11) is 0. The standard InChI is InChI=1S/C16H21N5OS.ClH/c1-10-8-19-15-14(10)12(3-4-18-15)21-5-6-23-13(9-21)16(22)20-11(2)7-17;/h3-4,8-9,11H,5-7,17H2,1-2H3,(H,18,19)(H,20,22);1H/t11-;/m0./s1. The molecule has 0 fully saturated rings. The smallest absolute Gasteiger partial charge is 0.259 e. The number of hydrogen-bond acceptors (Lipinski definition) is 5. The highest BCUT2D eigenvalue weighted by molar-refractivity contribution is 8.04. The molecule has 0 aromatic carbocycles. The van der Waals surface area contributed by atoms with Crippen molar-refractivity contribution in [2.75, 3.05) is 23.7 Å². The lowest BCUT2D eigenvalue weighted by Gasteiger charge is -2.27.